The van der Waals surface area contributed by atoms with Crippen LogP contribution >= 0.6 is 11.8 Å². The Kier molecular flexibility index (Phi) is 5.14. The summed E-state index contributed by atoms with van der Waals surface area (Å²) in [5, 5.41) is 16.4. The van der Waals surface area contributed by atoms with Crippen molar-refractivity contribution in [2.24, 2.45) is 0 Å². The van der Waals surface area contributed by atoms with Gasteiger partial charge in [-0.25, -0.2) is 0 Å². The van der Waals surface area contributed by atoms with Crippen LogP contribution in [0.3, 0.4) is 0 Å². The van der Waals surface area contributed by atoms with Crippen molar-refractivity contribution in [2.45, 2.75) is 44.3 Å². The number of hydrogen-bond acceptors (Lipinski definition) is 8. The smallest absolute Gasteiger partial charge is 0.277 e. The summed E-state index contributed by atoms with van der Waals surface area (Å²) in [6, 6.07) is 7.78. The summed E-state index contributed by atoms with van der Waals surface area (Å²) in [6.07, 6.45) is 0. The number of rotatable bonds is 7. The van der Waals surface area contributed by atoms with Crippen molar-refractivity contribution >= 4 is 11.8 Å². The summed E-state index contributed by atoms with van der Waals surface area (Å²) < 4.78 is 16.7. The predicted octanol–water partition coefficient (Wildman–Crippen LogP) is 3.76. The van der Waals surface area contributed by atoms with E-state index in [0.29, 0.717) is 28.6 Å². The molecule has 0 saturated carbocycles. The standard InChI is InChI=1S/C16H18N4O3S/c1-10(2)15-19-18-14(22-15)9-24-16-20-17-13(23-16)8-21-12-6-4-11(3)5-7-12/h4-7,10H,8-9H2,1-3H3. The summed E-state index contributed by atoms with van der Waals surface area (Å²) >= 11 is 1.35. The Labute approximate surface area is 143 Å². The van der Waals surface area contributed by atoms with Gasteiger partial charge in [-0.3, -0.25) is 0 Å². The van der Waals surface area contributed by atoms with Gasteiger partial charge in [-0.1, -0.05) is 43.3 Å². The second kappa shape index (κ2) is 7.48. The van der Waals surface area contributed by atoms with E-state index >= 15 is 0 Å². The maximum Gasteiger partial charge on any atom is 0.277 e. The third-order valence-corrected chi connectivity index (χ3v) is 3.93. The molecule has 0 fully saturated rings. The molecule has 24 heavy (non-hydrogen) atoms. The van der Waals surface area contributed by atoms with Gasteiger partial charge in [0.1, 0.15) is 5.75 Å². The highest BCUT2D eigenvalue weighted by Gasteiger charge is 2.12. The lowest BCUT2D eigenvalue weighted by Gasteiger charge is -2.02. The van der Waals surface area contributed by atoms with E-state index in [-0.39, 0.29) is 12.5 Å². The van der Waals surface area contributed by atoms with Crippen molar-refractivity contribution in [3.8, 4) is 5.75 Å². The van der Waals surface area contributed by atoms with Crippen LogP contribution in [0.15, 0.2) is 38.3 Å². The van der Waals surface area contributed by atoms with E-state index < -0.39 is 0 Å². The van der Waals surface area contributed by atoms with Gasteiger partial charge in [0, 0.05) is 5.92 Å². The lowest BCUT2D eigenvalue weighted by Crippen LogP contribution is -1.95. The molecule has 2 heterocycles. The van der Waals surface area contributed by atoms with Crippen LogP contribution in [-0.4, -0.2) is 20.4 Å². The number of benzene rings is 1. The highest BCUT2D eigenvalue weighted by molar-refractivity contribution is 7.98. The van der Waals surface area contributed by atoms with Crippen LogP contribution in [0.2, 0.25) is 0 Å². The molecule has 0 saturated heterocycles. The van der Waals surface area contributed by atoms with E-state index in [1.54, 1.807) is 0 Å². The molecular formula is C16H18N4O3S. The van der Waals surface area contributed by atoms with Gasteiger partial charge in [0.15, 0.2) is 6.61 Å². The molecule has 3 rings (SSSR count). The van der Waals surface area contributed by atoms with Crippen molar-refractivity contribution in [1.29, 1.82) is 0 Å². The van der Waals surface area contributed by atoms with Crippen molar-refractivity contribution in [2.75, 3.05) is 0 Å². The fourth-order valence-corrected chi connectivity index (χ4v) is 2.43. The first-order valence-corrected chi connectivity index (χ1v) is 8.55. The van der Waals surface area contributed by atoms with E-state index in [4.69, 9.17) is 13.6 Å². The zero-order valence-electron chi connectivity index (χ0n) is 13.7. The normalized spacial score (nSPS) is 11.2. The minimum absolute atomic E-state index is 0.213. The maximum atomic E-state index is 5.61. The average molecular weight is 346 g/mol. The molecule has 126 valence electrons. The topological polar surface area (TPSA) is 87.1 Å². The molecule has 2 aromatic heterocycles. The monoisotopic (exact) mass is 346 g/mol. The van der Waals surface area contributed by atoms with Gasteiger partial charge in [-0.05, 0) is 19.1 Å². The molecule has 0 N–H and O–H groups in total. The second-order valence-corrected chi connectivity index (χ2v) is 6.47. The molecule has 0 amide bonds. The molecule has 0 radical (unpaired) electrons. The quantitative estimate of drug-likeness (QED) is 0.598. The van der Waals surface area contributed by atoms with E-state index in [1.807, 2.05) is 45.0 Å². The molecule has 0 aliphatic carbocycles. The van der Waals surface area contributed by atoms with Crippen LogP contribution in [0.4, 0.5) is 0 Å². The van der Waals surface area contributed by atoms with E-state index in [0.717, 1.165) is 5.75 Å². The molecule has 0 aliphatic heterocycles. The van der Waals surface area contributed by atoms with Gasteiger partial charge < -0.3 is 13.6 Å². The Bertz CT molecular complexity index is 783. The summed E-state index contributed by atoms with van der Waals surface area (Å²) in [5.41, 5.74) is 1.18. The first-order chi connectivity index (χ1) is 11.6. The van der Waals surface area contributed by atoms with Crippen molar-refractivity contribution in [3.05, 3.63) is 47.5 Å². The molecule has 8 heteroatoms. The van der Waals surface area contributed by atoms with Crippen molar-refractivity contribution in [1.82, 2.24) is 20.4 Å². The predicted molar refractivity (Wildman–Crippen MR) is 87.8 cm³/mol. The Morgan fingerprint density at radius 1 is 1.00 bits per heavy atom. The van der Waals surface area contributed by atoms with Crippen LogP contribution in [0, 0.1) is 6.92 Å². The Hall–Kier alpha value is -2.35. The Morgan fingerprint density at radius 3 is 2.46 bits per heavy atom. The largest absolute Gasteiger partial charge is 0.484 e. The molecule has 0 atom stereocenters. The first-order valence-electron chi connectivity index (χ1n) is 7.57. The summed E-state index contributed by atoms with van der Waals surface area (Å²) in [7, 11) is 0. The molecule has 0 bridgehead atoms. The van der Waals surface area contributed by atoms with Crippen LogP contribution in [0.1, 0.15) is 43.0 Å². The summed E-state index contributed by atoms with van der Waals surface area (Å²) in [5.74, 6) is 3.06. The highest BCUT2D eigenvalue weighted by atomic mass is 32.2. The number of nitrogens with zero attached hydrogens (tertiary/aromatic N) is 4. The second-order valence-electron chi connectivity index (χ2n) is 5.54. The molecule has 7 nitrogen and oxygen atoms in total. The fourth-order valence-electron chi connectivity index (χ4n) is 1.82. The number of ether oxygens (including phenoxy) is 1. The lowest BCUT2D eigenvalue weighted by atomic mass is 10.2. The van der Waals surface area contributed by atoms with Gasteiger partial charge in [-0.15, -0.1) is 20.4 Å². The molecule has 1 aromatic carbocycles. The van der Waals surface area contributed by atoms with Gasteiger partial charge in [0.25, 0.3) is 11.1 Å². The Balaban J connectivity index is 1.50. The zero-order chi connectivity index (χ0) is 16.9. The van der Waals surface area contributed by atoms with Crippen molar-refractivity contribution < 1.29 is 13.6 Å². The van der Waals surface area contributed by atoms with Crippen LogP contribution < -0.4 is 4.74 Å². The molecule has 0 aliphatic rings. The highest BCUT2D eigenvalue weighted by Crippen LogP contribution is 2.22. The lowest BCUT2D eigenvalue weighted by molar-refractivity contribution is 0.252. The Morgan fingerprint density at radius 2 is 1.75 bits per heavy atom. The third-order valence-electron chi connectivity index (χ3n) is 3.13. The summed E-state index contributed by atoms with van der Waals surface area (Å²) in [6.45, 7) is 6.26. The van der Waals surface area contributed by atoms with Gasteiger partial charge >= 0.3 is 0 Å². The fraction of sp³-hybridized carbons (Fsp3) is 0.375. The third kappa shape index (κ3) is 4.35. The molecule has 0 spiro atoms. The van der Waals surface area contributed by atoms with Gasteiger partial charge in [0.05, 0.1) is 5.75 Å². The molecule has 0 unspecified atom stereocenters. The molecule has 3 aromatic rings. The number of aromatic nitrogens is 4. The van der Waals surface area contributed by atoms with E-state index in [1.165, 1.54) is 17.3 Å². The van der Waals surface area contributed by atoms with Gasteiger partial charge in [-0.2, -0.15) is 0 Å². The van der Waals surface area contributed by atoms with Gasteiger partial charge in [0.2, 0.25) is 11.8 Å². The minimum atomic E-state index is 0.213. The van der Waals surface area contributed by atoms with Crippen LogP contribution in [-0.2, 0) is 12.4 Å². The number of hydrogen-bond donors (Lipinski definition) is 0. The number of thioether (sulfide) groups is 1. The number of aryl methyl sites for hydroxylation is 1. The first kappa shape index (κ1) is 16.5. The van der Waals surface area contributed by atoms with Crippen LogP contribution in [0.25, 0.3) is 0 Å². The van der Waals surface area contributed by atoms with E-state index in [9.17, 15) is 0 Å². The maximum absolute atomic E-state index is 5.61. The molecular weight excluding hydrogens is 328 g/mol. The summed E-state index contributed by atoms with van der Waals surface area (Å²) in [4.78, 5) is 0. The minimum Gasteiger partial charge on any atom is -0.484 e. The van der Waals surface area contributed by atoms with Crippen molar-refractivity contribution in [3.63, 3.8) is 0 Å². The zero-order valence-corrected chi connectivity index (χ0v) is 14.5. The van der Waals surface area contributed by atoms with Crippen LogP contribution in [0.5, 0.6) is 5.75 Å². The SMILES string of the molecule is Cc1ccc(OCc2nnc(SCc3nnc(C(C)C)o3)o2)cc1. The van der Waals surface area contributed by atoms with E-state index in [2.05, 4.69) is 20.4 Å². The average Bonchev–Trinajstić information content (AvgIpc) is 3.22.